The van der Waals surface area contributed by atoms with E-state index in [1.54, 1.807) is 24.3 Å². The van der Waals surface area contributed by atoms with Gasteiger partial charge >= 0.3 is 0 Å². The fourth-order valence-corrected chi connectivity index (χ4v) is 3.54. The smallest absolute Gasteiger partial charge is 0.251 e. The van der Waals surface area contributed by atoms with Gasteiger partial charge in [0.2, 0.25) is 5.91 Å². The highest BCUT2D eigenvalue weighted by Crippen LogP contribution is 2.29. The molecule has 0 bridgehead atoms. The quantitative estimate of drug-likeness (QED) is 0.801. The molecule has 2 aliphatic heterocycles. The number of hydrogen-bond donors (Lipinski definition) is 0. The Bertz CT molecular complexity index is 584. The van der Waals surface area contributed by atoms with Crippen LogP contribution in [0.2, 0.25) is 0 Å². The van der Waals surface area contributed by atoms with Crippen LogP contribution in [-0.4, -0.2) is 42.5 Å². The second-order valence-electron chi connectivity index (χ2n) is 6.46. The maximum absolute atomic E-state index is 12.8. The number of carbonyl (C=O) groups excluding carboxylic acids is 2. The molecule has 0 N–H and O–H groups in total. The predicted octanol–water partition coefficient (Wildman–Crippen LogP) is 2.45. The van der Waals surface area contributed by atoms with Crippen LogP contribution in [0.4, 0.5) is 5.69 Å². The van der Waals surface area contributed by atoms with Crippen LogP contribution in [0.3, 0.4) is 0 Å². The Morgan fingerprint density at radius 2 is 1.96 bits per heavy atom. The third-order valence-corrected chi connectivity index (χ3v) is 4.66. The molecule has 0 unspecified atom stereocenters. The number of imide groups is 1. The first-order valence-electron chi connectivity index (χ1n) is 8.44. The lowest BCUT2D eigenvalue weighted by atomic mass is 9.98. The first kappa shape index (κ1) is 16.0. The zero-order chi connectivity index (χ0) is 16.4. The van der Waals surface area contributed by atoms with E-state index < -0.39 is 0 Å². The van der Waals surface area contributed by atoms with Gasteiger partial charge in [-0.15, -0.1) is 0 Å². The SMILES string of the molecule is CCOc1ccc(N2C(=O)C[C@H](N3CCC[C@@H](C)C3)C2=O)cc1. The molecule has 2 fully saturated rings. The van der Waals surface area contributed by atoms with E-state index >= 15 is 0 Å². The average molecular weight is 316 g/mol. The van der Waals surface area contributed by atoms with Crippen LogP contribution in [0.15, 0.2) is 24.3 Å². The van der Waals surface area contributed by atoms with Crippen molar-refractivity contribution < 1.29 is 14.3 Å². The molecule has 0 saturated carbocycles. The molecular formula is C18H24N2O3. The van der Waals surface area contributed by atoms with E-state index in [4.69, 9.17) is 4.74 Å². The molecule has 2 amide bonds. The third kappa shape index (κ3) is 3.24. The maximum atomic E-state index is 12.8. The van der Waals surface area contributed by atoms with Crippen molar-refractivity contribution in [1.29, 1.82) is 0 Å². The first-order chi connectivity index (χ1) is 11.1. The van der Waals surface area contributed by atoms with Gasteiger partial charge < -0.3 is 4.74 Å². The first-order valence-corrected chi connectivity index (χ1v) is 8.44. The summed E-state index contributed by atoms with van der Waals surface area (Å²) in [6.07, 6.45) is 2.59. The van der Waals surface area contributed by atoms with Crippen molar-refractivity contribution >= 4 is 17.5 Å². The Kier molecular flexibility index (Phi) is 4.66. The summed E-state index contributed by atoms with van der Waals surface area (Å²) < 4.78 is 5.41. The molecule has 2 aliphatic rings. The van der Waals surface area contributed by atoms with E-state index in [0.29, 0.717) is 24.6 Å². The number of amides is 2. The molecule has 0 aromatic heterocycles. The Morgan fingerprint density at radius 1 is 1.22 bits per heavy atom. The van der Waals surface area contributed by atoms with Crippen molar-refractivity contribution in [3.05, 3.63) is 24.3 Å². The number of ether oxygens (including phenoxy) is 1. The number of nitrogens with zero attached hydrogens (tertiary/aromatic N) is 2. The fraction of sp³-hybridized carbons (Fsp3) is 0.556. The van der Waals surface area contributed by atoms with E-state index in [0.717, 1.165) is 25.3 Å². The molecule has 23 heavy (non-hydrogen) atoms. The van der Waals surface area contributed by atoms with Gasteiger partial charge in [-0.3, -0.25) is 14.5 Å². The average Bonchev–Trinajstić information content (AvgIpc) is 2.83. The van der Waals surface area contributed by atoms with Crippen molar-refractivity contribution in [2.45, 2.75) is 39.2 Å². The van der Waals surface area contributed by atoms with Gasteiger partial charge in [-0.2, -0.15) is 0 Å². The highest BCUT2D eigenvalue weighted by Gasteiger charge is 2.43. The van der Waals surface area contributed by atoms with E-state index in [1.807, 2.05) is 6.92 Å². The summed E-state index contributed by atoms with van der Waals surface area (Å²) in [6, 6.07) is 6.87. The summed E-state index contributed by atoms with van der Waals surface area (Å²) >= 11 is 0. The summed E-state index contributed by atoms with van der Waals surface area (Å²) in [5.74, 6) is 1.14. The largest absolute Gasteiger partial charge is 0.494 e. The van der Waals surface area contributed by atoms with Gasteiger partial charge in [0.05, 0.1) is 24.8 Å². The molecule has 5 heteroatoms. The highest BCUT2D eigenvalue weighted by atomic mass is 16.5. The Labute approximate surface area is 137 Å². The number of anilines is 1. The molecular weight excluding hydrogens is 292 g/mol. The Hall–Kier alpha value is -1.88. The van der Waals surface area contributed by atoms with Gasteiger partial charge in [0, 0.05) is 6.54 Å². The molecule has 0 aliphatic carbocycles. The van der Waals surface area contributed by atoms with Crippen LogP contribution in [0.5, 0.6) is 5.75 Å². The van der Waals surface area contributed by atoms with Crippen LogP contribution in [0, 0.1) is 5.92 Å². The zero-order valence-electron chi connectivity index (χ0n) is 13.8. The van der Waals surface area contributed by atoms with Crippen LogP contribution in [-0.2, 0) is 9.59 Å². The van der Waals surface area contributed by atoms with Crippen LogP contribution < -0.4 is 9.64 Å². The minimum atomic E-state index is -0.295. The monoisotopic (exact) mass is 316 g/mol. The van der Waals surface area contributed by atoms with Crippen molar-refractivity contribution in [2.24, 2.45) is 5.92 Å². The van der Waals surface area contributed by atoms with Gasteiger partial charge in [-0.1, -0.05) is 6.92 Å². The Balaban J connectivity index is 1.75. The number of rotatable bonds is 4. The second kappa shape index (κ2) is 6.71. The van der Waals surface area contributed by atoms with Crippen LogP contribution in [0.1, 0.15) is 33.1 Å². The molecule has 0 radical (unpaired) electrons. The zero-order valence-corrected chi connectivity index (χ0v) is 13.8. The van der Waals surface area contributed by atoms with Gasteiger partial charge in [0.15, 0.2) is 0 Å². The van der Waals surface area contributed by atoms with Crippen molar-refractivity contribution in [3.8, 4) is 5.75 Å². The van der Waals surface area contributed by atoms with E-state index in [1.165, 1.54) is 11.3 Å². The van der Waals surface area contributed by atoms with Crippen LogP contribution in [0.25, 0.3) is 0 Å². The highest BCUT2D eigenvalue weighted by molar-refractivity contribution is 6.22. The van der Waals surface area contributed by atoms with Crippen molar-refractivity contribution in [2.75, 3.05) is 24.6 Å². The molecule has 2 saturated heterocycles. The van der Waals surface area contributed by atoms with E-state index in [9.17, 15) is 9.59 Å². The van der Waals surface area contributed by atoms with Crippen molar-refractivity contribution in [3.63, 3.8) is 0 Å². The van der Waals surface area contributed by atoms with Gasteiger partial charge in [0.25, 0.3) is 5.91 Å². The standard InChI is InChI=1S/C18H24N2O3/c1-3-23-15-8-6-14(7-9-15)20-17(21)11-16(18(20)22)19-10-4-5-13(2)12-19/h6-9,13,16H,3-5,10-12H2,1-2H3/t13-,16+/m1/s1. The third-order valence-electron chi connectivity index (χ3n) is 4.66. The van der Waals surface area contributed by atoms with Gasteiger partial charge in [0.1, 0.15) is 5.75 Å². The predicted molar refractivity (Wildman–Crippen MR) is 88.5 cm³/mol. The fourth-order valence-electron chi connectivity index (χ4n) is 3.54. The number of carbonyl (C=O) groups is 2. The summed E-state index contributed by atoms with van der Waals surface area (Å²) in [6.45, 7) is 6.53. The van der Waals surface area contributed by atoms with E-state index in [2.05, 4.69) is 11.8 Å². The number of benzene rings is 1. The minimum absolute atomic E-state index is 0.0896. The molecule has 0 spiro atoms. The molecule has 5 nitrogen and oxygen atoms in total. The summed E-state index contributed by atoms with van der Waals surface area (Å²) in [7, 11) is 0. The minimum Gasteiger partial charge on any atom is -0.494 e. The Morgan fingerprint density at radius 3 is 2.61 bits per heavy atom. The molecule has 2 atom stereocenters. The summed E-state index contributed by atoms with van der Waals surface area (Å²) in [5.41, 5.74) is 0.635. The molecule has 2 heterocycles. The molecule has 124 valence electrons. The topological polar surface area (TPSA) is 49.9 Å². The lowest BCUT2D eigenvalue weighted by Crippen LogP contribution is -2.46. The van der Waals surface area contributed by atoms with Crippen molar-refractivity contribution in [1.82, 2.24) is 4.90 Å². The summed E-state index contributed by atoms with van der Waals surface area (Å²) in [4.78, 5) is 28.7. The van der Waals surface area contributed by atoms with Gasteiger partial charge in [-0.05, 0) is 56.5 Å². The molecule has 3 rings (SSSR count). The number of hydrogen-bond acceptors (Lipinski definition) is 4. The van der Waals surface area contributed by atoms with E-state index in [-0.39, 0.29) is 17.9 Å². The molecule has 1 aromatic rings. The van der Waals surface area contributed by atoms with Gasteiger partial charge in [-0.25, -0.2) is 4.90 Å². The maximum Gasteiger partial charge on any atom is 0.251 e. The summed E-state index contributed by atoms with van der Waals surface area (Å²) in [5, 5.41) is 0. The molecule has 1 aromatic carbocycles. The lowest BCUT2D eigenvalue weighted by molar-refractivity contribution is -0.123. The van der Waals surface area contributed by atoms with Crippen LogP contribution >= 0.6 is 0 Å². The second-order valence-corrected chi connectivity index (χ2v) is 6.46. The number of likely N-dealkylation sites (tertiary alicyclic amines) is 1. The normalized spacial score (nSPS) is 25.9. The number of piperidine rings is 1. The lowest BCUT2D eigenvalue weighted by Gasteiger charge is -2.34.